The van der Waals surface area contributed by atoms with E-state index in [1.54, 1.807) is 5.38 Å². The molecule has 0 aliphatic heterocycles. The molecular weight excluding hydrogens is 302 g/mol. The van der Waals surface area contributed by atoms with Crippen molar-refractivity contribution in [3.63, 3.8) is 0 Å². The predicted octanol–water partition coefficient (Wildman–Crippen LogP) is 0.974. The average Bonchev–Trinajstić information content (AvgIpc) is 3.05. The lowest BCUT2D eigenvalue weighted by atomic mass is 10.1. The van der Waals surface area contributed by atoms with E-state index < -0.39 is 16.0 Å². The lowest BCUT2D eigenvalue weighted by Gasteiger charge is -2.18. The molecule has 2 atom stereocenters. The van der Waals surface area contributed by atoms with E-state index in [0.29, 0.717) is 6.42 Å². The Hall–Kier alpha value is -0.960. The molecule has 20 heavy (non-hydrogen) atoms. The predicted molar refractivity (Wildman–Crippen MR) is 74.2 cm³/mol. The number of thiophene rings is 1. The molecule has 1 aliphatic carbocycles. The monoisotopic (exact) mass is 319 g/mol. The van der Waals surface area contributed by atoms with Gasteiger partial charge in [0.05, 0.1) is 7.11 Å². The maximum atomic E-state index is 12.4. The summed E-state index contributed by atoms with van der Waals surface area (Å²) >= 11 is 1.03. The van der Waals surface area contributed by atoms with Crippen LogP contribution in [0.3, 0.4) is 0 Å². The van der Waals surface area contributed by atoms with Gasteiger partial charge in [0.1, 0.15) is 9.77 Å². The van der Waals surface area contributed by atoms with Gasteiger partial charge >= 0.3 is 5.97 Å². The van der Waals surface area contributed by atoms with Gasteiger partial charge in [0, 0.05) is 12.6 Å². The SMILES string of the molecule is COC(=O)c1sccc1S(=O)(=O)NC1CCCC1CO. The molecule has 1 aromatic heterocycles. The Morgan fingerprint density at radius 2 is 2.30 bits per heavy atom. The number of sulfonamides is 1. The number of hydrogen-bond donors (Lipinski definition) is 2. The maximum absolute atomic E-state index is 12.4. The summed E-state index contributed by atoms with van der Waals surface area (Å²) in [6.45, 7) is -0.0410. The number of methoxy groups -OCH3 is 1. The van der Waals surface area contributed by atoms with Crippen LogP contribution in [0.15, 0.2) is 16.3 Å². The highest BCUT2D eigenvalue weighted by molar-refractivity contribution is 7.89. The number of carbonyl (C=O) groups excluding carboxylic acids is 1. The number of hydrogen-bond acceptors (Lipinski definition) is 6. The second kappa shape index (κ2) is 6.21. The molecule has 0 amide bonds. The molecular formula is C12H17NO5S2. The number of rotatable bonds is 5. The molecule has 1 aromatic rings. The number of aliphatic hydroxyl groups is 1. The summed E-state index contributed by atoms with van der Waals surface area (Å²) in [6.07, 6.45) is 2.38. The van der Waals surface area contributed by atoms with Crippen molar-refractivity contribution in [3.8, 4) is 0 Å². The smallest absolute Gasteiger partial charge is 0.349 e. The fraction of sp³-hybridized carbons (Fsp3) is 0.583. The third-order valence-corrected chi connectivity index (χ3v) is 6.05. The Kier molecular flexibility index (Phi) is 4.79. The number of nitrogens with one attached hydrogen (secondary N) is 1. The Labute approximate surface area is 121 Å². The lowest BCUT2D eigenvalue weighted by molar-refractivity contribution is 0.0602. The molecule has 2 unspecified atom stereocenters. The van der Waals surface area contributed by atoms with Crippen LogP contribution >= 0.6 is 11.3 Å². The van der Waals surface area contributed by atoms with Crippen LogP contribution in [0, 0.1) is 5.92 Å². The number of ether oxygens (including phenoxy) is 1. The summed E-state index contributed by atoms with van der Waals surface area (Å²) in [5.74, 6) is -0.726. The van der Waals surface area contributed by atoms with Crippen LogP contribution in [0.25, 0.3) is 0 Å². The molecule has 2 N–H and O–H groups in total. The van der Waals surface area contributed by atoms with Gasteiger partial charge < -0.3 is 9.84 Å². The minimum absolute atomic E-state index is 0.0410. The van der Waals surface area contributed by atoms with Crippen LogP contribution in [0.2, 0.25) is 0 Å². The van der Waals surface area contributed by atoms with E-state index in [1.807, 2.05) is 0 Å². The molecule has 6 nitrogen and oxygen atoms in total. The van der Waals surface area contributed by atoms with E-state index in [-0.39, 0.29) is 28.3 Å². The fourth-order valence-corrected chi connectivity index (χ4v) is 5.10. The molecule has 0 saturated heterocycles. The van der Waals surface area contributed by atoms with Crippen molar-refractivity contribution in [2.24, 2.45) is 5.92 Å². The molecule has 0 bridgehead atoms. The van der Waals surface area contributed by atoms with Crippen LogP contribution in [0.4, 0.5) is 0 Å². The van der Waals surface area contributed by atoms with Gasteiger partial charge in [0.2, 0.25) is 10.0 Å². The first kappa shape index (κ1) is 15.4. The molecule has 0 radical (unpaired) electrons. The number of esters is 1. The van der Waals surface area contributed by atoms with Crippen molar-refractivity contribution >= 4 is 27.3 Å². The van der Waals surface area contributed by atoms with Gasteiger partial charge in [-0.05, 0) is 30.2 Å². The molecule has 1 aliphatic rings. The minimum Gasteiger partial charge on any atom is -0.465 e. The zero-order chi connectivity index (χ0) is 14.8. The largest absolute Gasteiger partial charge is 0.465 e. The van der Waals surface area contributed by atoms with Crippen molar-refractivity contribution < 1.29 is 23.1 Å². The second-order valence-corrected chi connectivity index (χ2v) is 7.31. The van der Waals surface area contributed by atoms with E-state index in [1.165, 1.54) is 13.2 Å². The summed E-state index contributed by atoms with van der Waals surface area (Å²) in [7, 11) is -2.57. The Morgan fingerprint density at radius 3 is 2.95 bits per heavy atom. The zero-order valence-electron chi connectivity index (χ0n) is 11.0. The van der Waals surface area contributed by atoms with Crippen LogP contribution in [0.5, 0.6) is 0 Å². The first-order valence-corrected chi connectivity index (χ1v) is 8.65. The van der Waals surface area contributed by atoms with Crippen molar-refractivity contribution in [3.05, 3.63) is 16.3 Å². The van der Waals surface area contributed by atoms with E-state index >= 15 is 0 Å². The van der Waals surface area contributed by atoms with Crippen molar-refractivity contribution in [1.82, 2.24) is 4.72 Å². The molecule has 0 aromatic carbocycles. The zero-order valence-corrected chi connectivity index (χ0v) is 12.7. The first-order chi connectivity index (χ1) is 9.49. The average molecular weight is 319 g/mol. The van der Waals surface area contributed by atoms with Gasteiger partial charge in [-0.2, -0.15) is 0 Å². The van der Waals surface area contributed by atoms with E-state index in [0.717, 1.165) is 24.2 Å². The van der Waals surface area contributed by atoms with Crippen LogP contribution in [-0.4, -0.2) is 39.3 Å². The van der Waals surface area contributed by atoms with Gasteiger partial charge in [0.15, 0.2) is 0 Å². The van der Waals surface area contributed by atoms with Crippen molar-refractivity contribution in [2.75, 3.05) is 13.7 Å². The van der Waals surface area contributed by atoms with Crippen LogP contribution < -0.4 is 4.72 Å². The molecule has 0 spiro atoms. The van der Waals surface area contributed by atoms with Crippen LogP contribution in [-0.2, 0) is 14.8 Å². The van der Waals surface area contributed by atoms with E-state index in [4.69, 9.17) is 0 Å². The third-order valence-electron chi connectivity index (χ3n) is 3.49. The standard InChI is InChI=1S/C12H17NO5S2/c1-18-12(15)11-10(5-6-19-11)20(16,17)13-9-4-2-3-8(9)7-14/h5-6,8-9,13-14H,2-4,7H2,1H3. The molecule has 1 fully saturated rings. The Bertz CT molecular complexity index is 580. The molecule has 1 heterocycles. The topological polar surface area (TPSA) is 92.7 Å². The van der Waals surface area contributed by atoms with E-state index in [9.17, 15) is 18.3 Å². The lowest BCUT2D eigenvalue weighted by Crippen LogP contribution is -2.38. The molecule has 2 rings (SSSR count). The quantitative estimate of drug-likeness (QED) is 0.789. The van der Waals surface area contributed by atoms with Crippen molar-refractivity contribution in [1.29, 1.82) is 0 Å². The van der Waals surface area contributed by atoms with Crippen LogP contribution in [0.1, 0.15) is 28.9 Å². The highest BCUT2D eigenvalue weighted by Crippen LogP contribution is 2.28. The van der Waals surface area contributed by atoms with Gasteiger partial charge in [-0.3, -0.25) is 0 Å². The first-order valence-electron chi connectivity index (χ1n) is 6.28. The molecule has 112 valence electrons. The molecule has 8 heteroatoms. The summed E-state index contributed by atoms with van der Waals surface area (Å²) in [4.78, 5) is 11.6. The Morgan fingerprint density at radius 1 is 1.55 bits per heavy atom. The highest BCUT2D eigenvalue weighted by Gasteiger charge is 2.33. The summed E-state index contributed by atoms with van der Waals surface area (Å²) in [6, 6.07) is 1.11. The van der Waals surface area contributed by atoms with E-state index in [2.05, 4.69) is 9.46 Å². The summed E-state index contributed by atoms with van der Waals surface area (Å²) in [5, 5.41) is 10.8. The Balaban J connectivity index is 2.23. The number of aliphatic hydroxyl groups excluding tert-OH is 1. The van der Waals surface area contributed by atoms with Gasteiger partial charge in [-0.15, -0.1) is 11.3 Å². The third kappa shape index (κ3) is 3.03. The van der Waals surface area contributed by atoms with Gasteiger partial charge in [-0.25, -0.2) is 17.9 Å². The second-order valence-electron chi connectivity index (χ2n) is 4.71. The van der Waals surface area contributed by atoms with Crippen molar-refractivity contribution in [2.45, 2.75) is 30.2 Å². The summed E-state index contributed by atoms with van der Waals surface area (Å²) in [5.41, 5.74) is 0. The fourth-order valence-electron chi connectivity index (χ4n) is 2.42. The highest BCUT2D eigenvalue weighted by atomic mass is 32.2. The van der Waals surface area contributed by atoms with Gasteiger partial charge in [0.25, 0.3) is 0 Å². The normalized spacial score (nSPS) is 22.9. The molecule has 1 saturated carbocycles. The minimum atomic E-state index is -3.78. The van der Waals surface area contributed by atoms with Gasteiger partial charge in [-0.1, -0.05) is 6.42 Å². The maximum Gasteiger partial charge on any atom is 0.349 e. The summed E-state index contributed by atoms with van der Waals surface area (Å²) < 4.78 is 31.9. The number of carbonyl (C=O) groups is 1.